The lowest BCUT2D eigenvalue weighted by Crippen LogP contribution is -3.00. The number of aryl methyl sites for hydroxylation is 2. The van der Waals surface area contributed by atoms with Crippen molar-refractivity contribution in [2.24, 2.45) is 0 Å². The Balaban J connectivity index is 0.00000200. The molecule has 1 aromatic rings. The Hall–Kier alpha value is -1.06. The van der Waals surface area contributed by atoms with E-state index in [0.29, 0.717) is 0 Å². The van der Waals surface area contributed by atoms with Gasteiger partial charge in [0.2, 0.25) is 0 Å². The van der Waals surface area contributed by atoms with Crippen LogP contribution >= 0.6 is 0 Å². The molecule has 20 heavy (non-hydrogen) atoms. The minimum atomic E-state index is 0. The van der Waals surface area contributed by atoms with Crippen LogP contribution in [-0.2, 0) is 4.79 Å². The number of anilines is 1. The number of likely N-dealkylation sites (N-methyl/N-ethyl adjacent to an activating group) is 1. The van der Waals surface area contributed by atoms with Crippen molar-refractivity contribution >= 4 is 11.6 Å². The van der Waals surface area contributed by atoms with E-state index in [2.05, 4.69) is 12.4 Å². The van der Waals surface area contributed by atoms with Gasteiger partial charge in [0.25, 0.3) is 5.91 Å². The van der Waals surface area contributed by atoms with E-state index in [9.17, 15) is 4.79 Å². The van der Waals surface area contributed by atoms with Crippen molar-refractivity contribution in [3.63, 3.8) is 0 Å². The molecule has 0 bridgehead atoms. The van der Waals surface area contributed by atoms with E-state index in [4.69, 9.17) is 0 Å². The van der Waals surface area contributed by atoms with Gasteiger partial charge >= 0.3 is 0 Å². The van der Waals surface area contributed by atoms with Crippen LogP contribution < -0.4 is 17.7 Å². The number of likely N-dealkylation sites (tertiary alicyclic amines) is 1. The Morgan fingerprint density at radius 2 is 1.70 bits per heavy atom. The molecule has 0 aliphatic carbocycles. The Morgan fingerprint density at radius 1 is 1.20 bits per heavy atom. The zero-order valence-corrected chi connectivity index (χ0v) is 13.6. The van der Waals surface area contributed by atoms with Gasteiger partial charge in [-0.15, -0.1) is 0 Å². The van der Waals surface area contributed by atoms with Gasteiger partial charge in [0.05, 0.1) is 20.1 Å². The van der Waals surface area contributed by atoms with Crippen LogP contribution in [0.3, 0.4) is 0 Å². The summed E-state index contributed by atoms with van der Waals surface area (Å²) in [5.41, 5.74) is 3.24. The van der Waals surface area contributed by atoms with Crippen LogP contribution in [0, 0.1) is 13.8 Å². The number of rotatable bonds is 3. The largest absolute Gasteiger partial charge is 1.00 e. The Kier molecular flexibility index (Phi) is 5.60. The van der Waals surface area contributed by atoms with Crippen LogP contribution in [-0.4, -0.2) is 36.6 Å². The topological polar surface area (TPSA) is 29.1 Å². The molecule has 0 radical (unpaired) electrons. The van der Waals surface area contributed by atoms with Gasteiger partial charge in [-0.25, -0.2) is 0 Å². The monoisotopic (exact) mass is 296 g/mol. The number of hydrogen-bond donors (Lipinski definition) is 1. The third kappa shape index (κ3) is 3.33. The average molecular weight is 297 g/mol. The third-order valence-corrected chi connectivity index (χ3v) is 4.63. The predicted molar refractivity (Wildman–Crippen MR) is 79.2 cm³/mol. The summed E-state index contributed by atoms with van der Waals surface area (Å²) >= 11 is 0. The lowest BCUT2D eigenvalue weighted by atomic mass is 10.1. The summed E-state index contributed by atoms with van der Waals surface area (Å²) in [7, 11) is 2.20. The summed E-state index contributed by atoms with van der Waals surface area (Å²) in [6.45, 7) is 8.36. The molecule has 1 aromatic carbocycles. The fourth-order valence-electron chi connectivity index (χ4n) is 2.97. The van der Waals surface area contributed by atoms with Gasteiger partial charge in [-0.05, 0) is 31.9 Å². The molecule has 1 aliphatic heterocycles. The minimum Gasteiger partial charge on any atom is -1.00 e. The maximum absolute atomic E-state index is 12.5. The van der Waals surface area contributed by atoms with Crippen molar-refractivity contribution in [1.82, 2.24) is 0 Å². The summed E-state index contributed by atoms with van der Waals surface area (Å²) in [6.07, 6.45) is 2.47. The van der Waals surface area contributed by atoms with Gasteiger partial charge in [0.1, 0.15) is 0 Å². The van der Waals surface area contributed by atoms with E-state index in [1.807, 2.05) is 39.0 Å². The van der Waals surface area contributed by atoms with Crippen LogP contribution in [0.5, 0.6) is 0 Å². The number of halogens is 1. The molecule has 4 heteroatoms. The highest BCUT2D eigenvalue weighted by Gasteiger charge is 2.37. The first-order valence-electron chi connectivity index (χ1n) is 7.15. The SMILES string of the molecule is Cc1cccc(C)c1NC(=O)C(C)[N+]1(C)CCCC1.[Cl-]. The number of nitrogens with one attached hydrogen (secondary N) is 1. The molecule has 3 nitrogen and oxygen atoms in total. The molecule has 112 valence electrons. The molecular weight excluding hydrogens is 272 g/mol. The number of amides is 1. The summed E-state index contributed by atoms with van der Waals surface area (Å²) in [6, 6.07) is 6.12. The van der Waals surface area contributed by atoms with E-state index >= 15 is 0 Å². The van der Waals surface area contributed by atoms with E-state index < -0.39 is 0 Å². The fraction of sp³-hybridized carbons (Fsp3) is 0.562. The van der Waals surface area contributed by atoms with Crippen molar-refractivity contribution in [1.29, 1.82) is 0 Å². The van der Waals surface area contributed by atoms with E-state index in [0.717, 1.165) is 34.4 Å². The zero-order valence-electron chi connectivity index (χ0n) is 12.9. The summed E-state index contributed by atoms with van der Waals surface area (Å²) in [4.78, 5) is 12.5. The fourth-order valence-corrected chi connectivity index (χ4v) is 2.97. The predicted octanol–water partition coefficient (Wildman–Crippen LogP) is -0.125. The van der Waals surface area contributed by atoms with Crippen LogP contribution in [0.2, 0.25) is 0 Å². The number of nitrogens with zero attached hydrogens (tertiary/aromatic N) is 1. The molecule has 1 heterocycles. The highest BCUT2D eigenvalue weighted by molar-refractivity contribution is 5.95. The summed E-state index contributed by atoms with van der Waals surface area (Å²) in [5.74, 6) is 0.141. The zero-order chi connectivity index (χ0) is 14.0. The van der Waals surface area contributed by atoms with E-state index in [1.54, 1.807) is 0 Å². The second-order valence-electron chi connectivity index (χ2n) is 6.07. The molecule has 0 saturated carbocycles. The van der Waals surface area contributed by atoms with Gasteiger partial charge in [-0.3, -0.25) is 4.79 Å². The Labute approximate surface area is 128 Å². The summed E-state index contributed by atoms with van der Waals surface area (Å²) < 4.78 is 0.872. The maximum Gasteiger partial charge on any atom is 0.282 e. The first-order valence-corrected chi connectivity index (χ1v) is 7.15. The second-order valence-corrected chi connectivity index (χ2v) is 6.07. The van der Waals surface area contributed by atoms with Crippen LogP contribution in [0.4, 0.5) is 5.69 Å². The number of hydrogen-bond acceptors (Lipinski definition) is 1. The van der Waals surface area contributed by atoms with E-state index in [1.165, 1.54) is 12.8 Å². The lowest BCUT2D eigenvalue weighted by molar-refractivity contribution is -0.911. The van der Waals surface area contributed by atoms with Crippen molar-refractivity contribution < 1.29 is 21.7 Å². The number of para-hydroxylation sites is 1. The van der Waals surface area contributed by atoms with Crippen LogP contribution in [0.1, 0.15) is 30.9 Å². The Bertz CT molecular complexity index is 461. The van der Waals surface area contributed by atoms with Gasteiger partial charge < -0.3 is 22.2 Å². The quantitative estimate of drug-likeness (QED) is 0.774. The van der Waals surface area contributed by atoms with Gasteiger partial charge in [0, 0.05) is 18.5 Å². The molecule has 1 fully saturated rings. The summed E-state index contributed by atoms with van der Waals surface area (Å²) in [5, 5.41) is 3.13. The number of benzene rings is 1. The third-order valence-electron chi connectivity index (χ3n) is 4.63. The second kappa shape index (κ2) is 6.59. The molecule has 1 amide bonds. The normalized spacial score (nSPS) is 18.2. The van der Waals surface area contributed by atoms with Crippen molar-refractivity contribution in [2.45, 2.75) is 39.7 Å². The van der Waals surface area contributed by atoms with Crippen molar-refractivity contribution in [3.05, 3.63) is 29.3 Å². The van der Waals surface area contributed by atoms with Gasteiger partial charge in [-0.2, -0.15) is 0 Å². The lowest BCUT2D eigenvalue weighted by Gasteiger charge is -2.34. The van der Waals surface area contributed by atoms with Crippen molar-refractivity contribution in [2.75, 3.05) is 25.5 Å². The van der Waals surface area contributed by atoms with E-state index in [-0.39, 0.29) is 24.4 Å². The molecule has 1 saturated heterocycles. The smallest absolute Gasteiger partial charge is 0.282 e. The Morgan fingerprint density at radius 3 is 2.20 bits per heavy atom. The first-order chi connectivity index (χ1) is 8.94. The molecule has 1 atom stereocenters. The molecule has 1 aliphatic rings. The van der Waals surface area contributed by atoms with Crippen molar-refractivity contribution in [3.8, 4) is 0 Å². The number of carbonyl (C=O) groups excluding carboxylic acids is 1. The standard InChI is InChI=1S/C16H24N2O.ClH/c1-12-8-7-9-13(2)15(12)17-16(19)14(3)18(4)10-5-6-11-18;/h7-9,14H,5-6,10-11H2,1-4H3;1H. The van der Waals surface area contributed by atoms with Crippen LogP contribution in [0.25, 0.3) is 0 Å². The molecular formula is C16H25ClN2O. The van der Waals surface area contributed by atoms with Crippen LogP contribution in [0.15, 0.2) is 18.2 Å². The highest BCUT2D eigenvalue weighted by atomic mass is 35.5. The number of quaternary nitrogens is 1. The molecule has 1 N–H and O–H groups in total. The molecule has 2 rings (SSSR count). The maximum atomic E-state index is 12.5. The average Bonchev–Trinajstić information content (AvgIpc) is 2.81. The number of carbonyl (C=O) groups is 1. The van der Waals surface area contributed by atoms with Gasteiger partial charge in [-0.1, -0.05) is 18.2 Å². The van der Waals surface area contributed by atoms with Gasteiger partial charge in [0.15, 0.2) is 6.04 Å². The molecule has 0 aromatic heterocycles. The highest BCUT2D eigenvalue weighted by Crippen LogP contribution is 2.24. The minimum absolute atomic E-state index is 0. The first kappa shape index (κ1) is 17.0. The molecule has 1 unspecified atom stereocenters. The molecule has 0 spiro atoms.